The highest BCUT2D eigenvalue weighted by molar-refractivity contribution is 5.59. The van der Waals surface area contributed by atoms with E-state index in [4.69, 9.17) is 10.5 Å². The molecule has 0 radical (unpaired) electrons. The summed E-state index contributed by atoms with van der Waals surface area (Å²) < 4.78 is 5.50. The van der Waals surface area contributed by atoms with Crippen molar-refractivity contribution in [1.29, 1.82) is 0 Å². The molecule has 1 aliphatic rings. The van der Waals surface area contributed by atoms with Gasteiger partial charge in [-0.3, -0.25) is 4.90 Å². The van der Waals surface area contributed by atoms with E-state index < -0.39 is 0 Å². The molecule has 106 valence electrons. The van der Waals surface area contributed by atoms with E-state index in [1.165, 1.54) is 25.9 Å². The van der Waals surface area contributed by atoms with Crippen LogP contribution in [-0.2, 0) is 0 Å². The Morgan fingerprint density at radius 1 is 1.32 bits per heavy atom. The van der Waals surface area contributed by atoms with Gasteiger partial charge in [0.05, 0.1) is 6.61 Å². The van der Waals surface area contributed by atoms with Crippen molar-refractivity contribution in [1.82, 2.24) is 4.90 Å². The normalized spacial score (nSPS) is 17.4. The minimum absolute atomic E-state index is 0.555. The highest BCUT2D eigenvalue weighted by Gasteiger charge is 2.17. The van der Waals surface area contributed by atoms with Crippen LogP contribution in [0.2, 0.25) is 0 Å². The molecule has 1 aromatic carbocycles. The van der Waals surface area contributed by atoms with Crippen LogP contribution in [0.3, 0.4) is 0 Å². The lowest BCUT2D eigenvalue weighted by Gasteiger charge is -2.24. The van der Waals surface area contributed by atoms with Gasteiger partial charge in [-0.25, -0.2) is 0 Å². The molecule has 0 amide bonds. The van der Waals surface area contributed by atoms with Gasteiger partial charge < -0.3 is 15.8 Å². The highest BCUT2D eigenvalue weighted by Crippen LogP contribution is 2.23. The number of benzene rings is 1. The first-order valence-electron chi connectivity index (χ1n) is 7.20. The Kier molecular flexibility index (Phi) is 4.91. The molecule has 1 aromatic rings. The molecule has 0 spiro atoms. The Morgan fingerprint density at radius 2 is 2.05 bits per heavy atom. The smallest absolute Gasteiger partial charge is 0.123 e. The molecular formula is C15H25N3O. The predicted molar refractivity (Wildman–Crippen MR) is 80.8 cm³/mol. The molecule has 4 nitrogen and oxygen atoms in total. The number of ether oxygens (including phenoxy) is 1. The van der Waals surface area contributed by atoms with Gasteiger partial charge in [0.15, 0.2) is 0 Å². The van der Waals surface area contributed by atoms with E-state index in [9.17, 15) is 0 Å². The lowest BCUT2D eigenvalue weighted by atomic mass is 10.2. The van der Waals surface area contributed by atoms with E-state index in [1.807, 2.05) is 25.1 Å². The van der Waals surface area contributed by atoms with Gasteiger partial charge in [-0.1, -0.05) is 0 Å². The molecule has 2 rings (SSSR count). The van der Waals surface area contributed by atoms with Crippen LogP contribution in [-0.4, -0.2) is 37.2 Å². The largest absolute Gasteiger partial charge is 0.494 e. The molecule has 0 aromatic heterocycles. The first kappa shape index (κ1) is 14.0. The van der Waals surface area contributed by atoms with Crippen LogP contribution >= 0.6 is 0 Å². The molecule has 1 heterocycles. The second kappa shape index (κ2) is 6.66. The van der Waals surface area contributed by atoms with Crippen LogP contribution in [0, 0.1) is 0 Å². The second-order valence-electron chi connectivity index (χ2n) is 5.20. The molecule has 1 fully saturated rings. The number of nitrogens with zero attached hydrogens (tertiary/aromatic N) is 1. The van der Waals surface area contributed by atoms with Gasteiger partial charge in [-0.15, -0.1) is 0 Å². The van der Waals surface area contributed by atoms with Crippen LogP contribution in [0.4, 0.5) is 11.4 Å². The van der Waals surface area contributed by atoms with Crippen molar-refractivity contribution in [2.45, 2.75) is 32.7 Å². The number of nitrogens with one attached hydrogen (secondary N) is 1. The standard InChI is InChI=1S/C15H25N3O/c1-3-19-15-9-13(16)8-14(10-15)17-11-12(2)18-6-4-5-7-18/h8-10,12,17H,3-7,11,16H2,1-2H3. The molecular weight excluding hydrogens is 238 g/mol. The molecule has 0 saturated carbocycles. The summed E-state index contributed by atoms with van der Waals surface area (Å²) in [5.41, 5.74) is 7.66. The molecule has 3 N–H and O–H groups in total. The average Bonchev–Trinajstić information content (AvgIpc) is 2.89. The third-order valence-corrected chi connectivity index (χ3v) is 3.61. The summed E-state index contributed by atoms with van der Waals surface area (Å²) >= 11 is 0. The number of anilines is 2. The van der Waals surface area contributed by atoms with Crippen molar-refractivity contribution in [3.8, 4) is 5.75 Å². The Morgan fingerprint density at radius 3 is 2.74 bits per heavy atom. The van der Waals surface area contributed by atoms with Gasteiger partial charge in [0.2, 0.25) is 0 Å². The van der Waals surface area contributed by atoms with Gasteiger partial charge in [0, 0.05) is 36.1 Å². The average molecular weight is 263 g/mol. The summed E-state index contributed by atoms with van der Waals surface area (Å²) in [5, 5.41) is 3.46. The molecule has 1 atom stereocenters. The maximum Gasteiger partial charge on any atom is 0.123 e. The summed E-state index contributed by atoms with van der Waals surface area (Å²) in [5.74, 6) is 0.832. The summed E-state index contributed by atoms with van der Waals surface area (Å²) in [7, 11) is 0. The summed E-state index contributed by atoms with van der Waals surface area (Å²) in [4.78, 5) is 2.53. The zero-order valence-corrected chi connectivity index (χ0v) is 12.0. The number of nitrogens with two attached hydrogens (primary N) is 1. The minimum atomic E-state index is 0.555. The van der Waals surface area contributed by atoms with Crippen LogP contribution in [0.1, 0.15) is 26.7 Å². The molecule has 1 unspecified atom stereocenters. The number of hydrogen-bond acceptors (Lipinski definition) is 4. The fraction of sp³-hybridized carbons (Fsp3) is 0.600. The van der Waals surface area contributed by atoms with Crippen molar-refractivity contribution in [2.24, 2.45) is 0 Å². The van der Waals surface area contributed by atoms with Crippen molar-refractivity contribution >= 4 is 11.4 Å². The maximum absolute atomic E-state index is 5.89. The van der Waals surface area contributed by atoms with E-state index in [1.54, 1.807) is 0 Å². The van der Waals surface area contributed by atoms with E-state index >= 15 is 0 Å². The molecule has 19 heavy (non-hydrogen) atoms. The molecule has 0 bridgehead atoms. The molecule has 1 saturated heterocycles. The third kappa shape index (κ3) is 4.03. The van der Waals surface area contributed by atoms with Crippen LogP contribution in [0.5, 0.6) is 5.75 Å². The Bertz CT molecular complexity index is 402. The van der Waals surface area contributed by atoms with Crippen LogP contribution in [0.15, 0.2) is 18.2 Å². The summed E-state index contributed by atoms with van der Waals surface area (Å²) in [6.07, 6.45) is 2.66. The fourth-order valence-electron chi connectivity index (χ4n) is 2.55. The van der Waals surface area contributed by atoms with Gasteiger partial charge in [0.25, 0.3) is 0 Å². The number of nitrogen functional groups attached to an aromatic ring is 1. The first-order chi connectivity index (χ1) is 9.19. The van der Waals surface area contributed by atoms with Crippen molar-refractivity contribution in [2.75, 3.05) is 37.3 Å². The zero-order chi connectivity index (χ0) is 13.7. The summed E-state index contributed by atoms with van der Waals surface area (Å²) in [6, 6.07) is 6.38. The second-order valence-corrected chi connectivity index (χ2v) is 5.20. The lowest BCUT2D eigenvalue weighted by Crippen LogP contribution is -2.35. The third-order valence-electron chi connectivity index (χ3n) is 3.61. The molecule has 4 heteroatoms. The molecule has 1 aliphatic heterocycles. The molecule has 0 aliphatic carbocycles. The Labute approximate surface area is 115 Å². The fourth-order valence-corrected chi connectivity index (χ4v) is 2.55. The first-order valence-corrected chi connectivity index (χ1v) is 7.20. The van der Waals surface area contributed by atoms with Crippen LogP contribution < -0.4 is 15.8 Å². The monoisotopic (exact) mass is 263 g/mol. The summed E-state index contributed by atoms with van der Waals surface area (Å²) in [6.45, 7) is 8.30. The maximum atomic E-state index is 5.89. The highest BCUT2D eigenvalue weighted by atomic mass is 16.5. The van der Waals surface area contributed by atoms with Crippen LogP contribution in [0.25, 0.3) is 0 Å². The number of rotatable bonds is 6. The lowest BCUT2D eigenvalue weighted by molar-refractivity contribution is 0.269. The van der Waals surface area contributed by atoms with Gasteiger partial charge in [-0.2, -0.15) is 0 Å². The predicted octanol–water partition coefficient (Wildman–Crippen LogP) is 2.56. The van der Waals surface area contributed by atoms with Gasteiger partial charge in [0.1, 0.15) is 5.75 Å². The van der Waals surface area contributed by atoms with Gasteiger partial charge in [-0.05, 0) is 45.8 Å². The quantitative estimate of drug-likeness (QED) is 0.775. The van der Waals surface area contributed by atoms with E-state index in [-0.39, 0.29) is 0 Å². The van der Waals surface area contributed by atoms with E-state index in [0.717, 1.165) is 23.7 Å². The zero-order valence-electron chi connectivity index (χ0n) is 12.0. The van der Waals surface area contributed by atoms with Crippen molar-refractivity contribution in [3.05, 3.63) is 18.2 Å². The van der Waals surface area contributed by atoms with Crippen molar-refractivity contribution in [3.63, 3.8) is 0 Å². The Hall–Kier alpha value is -1.42. The SMILES string of the molecule is CCOc1cc(N)cc(NCC(C)N2CCCC2)c1. The topological polar surface area (TPSA) is 50.5 Å². The minimum Gasteiger partial charge on any atom is -0.494 e. The number of hydrogen-bond donors (Lipinski definition) is 2. The van der Waals surface area contributed by atoms with E-state index in [2.05, 4.69) is 17.1 Å². The van der Waals surface area contributed by atoms with Crippen molar-refractivity contribution < 1.29 is 4.74 Å². The Balaban J connectivity index is 1.90. The van der Waals surface area contributed by atoms with Gasteiger partial charge >= 0.3 is 0 Å². The number of likely N-dealkylation sites (tertiary alicyclic amines) is 1. The van der Waals surface area contributed by atoms with E-state index in [0.29, 0.717) is 12.6 Å².